The minimum absolute atomic E-state index is 0.0112. The summed E-state index contributed by atoms with van der Waals surface area (Å²) < 4.78 is 42.7. The van der Waals surface area contributed by atoms with Gasteiger partial charge in [-0.05, 0) is 18.2 Å². The van der Waals surface area contributed by atoms with E-state index in [0.717, 1.165) is 23.1 Å². The van der Waals surface area contributed by atoms with Crippen molar-refractivity contribution in [3.8, 4) is 0 Å². The van der Waals surface area contributed by atoms with Crippen LogP contribution < -0.4 is 0 Å². The highest BCUT2D eigenvalue weighted by atomic mass is 32.2. The van der Waals surface area contributed by atoms with Crippen LogP contribution in [0.2, 0.25) is 0 Å². The number of carbonyl (C=O) groups is 2. The predicted molar refractivity (Wildman–Crippen MR) is 77.4 cm³/mol. The molecule has 0 aliphatic carbocycles. The van der Waals surface area contributed by atoms with Crippen molar-refractivity contribution in [3.63, 3.8) is 0 Å². The monoisotopic (exact) mass is 345 g/mol. The van der Waals surface area contributed by atoms with Gasteiger partial charge < -0.3 is 14.7 Å². The molecule has 0 bridgehead atoms. The van der Waals surface area contributed by atoms with Crippen molar-refractivity contribution in [2.24, 2.45) is 0 Å². The lowest BCUT2D eigenvalue weighted by atomic mass is 10.1. The van der Waals surface area contributed by atoms with E-state index in [1.54, 1.807) is 0 Å². The fourth-order valence-corrected chi connectivity index (χ4v) is 3.09. The molecule has 1 amide bonds. The van der Waals surface area contributed by atoms with Crippen molar-refractivity contribution in [2.75, 3.05) is 25.4 Å². The van der Waals surface area contributed by atoms with Gasteiger partial charge in [-0.1, -0.05) is 6.92 Å². The summed E-state index contributed by atoms with van der Waals surface area (Å²) in [6.07, 6.45) is -1.18. The molecule has 7 nitrogen and oxygen atoms in total. The number of amides is 1. The molecule has 0 aromatic heterocycles. The predicted octanol–water partition coefficient (Wildman–Crippen LogP) is 0.545. The number of nitrogens with zero attached hydrogens (tertiary/aromatic N) is 1. The Labute approximate surface area is 132 Å². The number of morpholine rings is 1. The Morgan fingerprint density at radius 3 is 2.74 bits per heavy atom. The first kappa shape index (κ1) is 17.4. The number of rotatable bonds is 4. The number of carbonyl (C=O) groups excluding carboxylic acids is 1. The topological polar surface area (TPSA) is 101 Å². The summed E-state index contributed by atoms with van der Waals surface area (Å²) in [4.78, 5) is 24.3. The second-order valence-corrected chi connectivity index (χ2v) is 7.27. The molecular formula is C14H16FNO6S. The van der Waals surface area contributed by atoms with Gasteiger partial charge in [0.1, 0.15) is 5.82 Å². The summed E-state index contributed by atoms with van der Waals surface area (Å²) in [5.41, 5.74) is -0.398. The lowest BCUT2D eigenvalue weighted by Gasteiger charge is -2.31. The van der Waals surface area contributed by atoms with Gasteiger partial charge in [0.05, 0.1) is 29.4 Å². The summed E-state index contributed by atoms with van der Waals surface area (Å²) in [5, 5.41) is 8.93. The van der Waals surface area contributed by atoms with Gasteiger partial charge in [-0.2, -0.15) is 0 Å². The highest BCUT2D eigenvalue weighted by molar-refractivity contribution is 7.91. The molecule has 23 heavy (non-hydrogen) atoms. The molecule has 1 saturated heterocycles. The first-order valence-electron chi connectivity index (χ1n) is 6.92. The Morgan fingerprint density at radius 1 is 1.43 bits per heavy atom. The lowest BCUT2D eigenvalue weighted by molar-refractivity contribution is -0.154. The van der Waals surface area contributed by atoms with Crippen LogP contribution in [0.1, 0.15) is 17.3 Å². The molecule has 1 heterocycles. The van der Waals surface area contributed by atoms with Gasteiger partial charge in [-0.25, -0.2) is 17.6 Å². The average Bonchev–Trinajstić information content (AvgIpc) is 2.54. The Morgan fingerprint density at radius 2 is 2.13 bits per heavy atom. The first-order chi connectivity index (χ1) is 10.8. The number of benzene rings is 1. The molecule has 0 saturated carbocycles. The van der Waals surface area contributed by atoms with Gasteiger partial charge in [-0.15, -0.1) is 0 Å². The van der Waals surface area contributed by atoms with E-state index in [4.69, 9.17) is 9.84 Å². The van der Waals surface area contributed by atoms with Gasteiger partial charge in [0.2, 0.25) is 0 Å². The molecule has 1 aliphatic rings. The molecule has 0 unspecified atom stereocenters. The molecule has 0 radical (unpaired) electrons. The van der Waals surface area contributed by atoms with E-state index in [2.05, 4.69) is 0 Å². The smallest absolute Gasteiger partial charge is 0.334 e. The summed E-state index contributed by atoms with van der Waals surface area (Å²) >= 11 is 0. The average molecular weight is 345 g/mol. The number of carboxylic acid groups (broad SMARTS) is 1. The largest absolute Gasteiger partial charge is 0.479 e. The van der Waals surface area contributed by atoms with Crippen molar-refractivity contribution in [3.05, 3.63) is 29.6 Å². The van der Waals surface area contributed by atoms with Crippen LogP contribution in [0, 0.1) is 5.82 Å². The van der Waals surface area contributed by atoms with Crippen molar-refractivity contribution in [2.45, 2.75) is 17.9 Å². The van der Waals surface area contributed by atoms with Crippen molar-refractivity contribution in [1.29, 1.82) is 0 Å². The van der Waals surface area contributed by atoms with Crippen LogP contribution >= 0.6 is 0 Å². The molecule has 1 aliphatic heterocycles. The molecule has 1 N–H and O–H groups in total. The Hall–Kier alpha value is -2.00. The Balaban J connectivity index is 2.32. The van der Waals surface area contributed by atoms with Crippen molar-refractivity contribution < 1.29 is 32.2 Å². The van der Waals surface area contributed by atoms with Crippen LogP contribution in [-0.2, 0) is 19.4 Å². The van der Waals surface area contributed by atoms with E-state index in [-0.39, 0.29) is 30.3 Å². The van der Waals surface area contributed by atoms with E-state index < -0.39 is 39.2 Å². The third-order valence-electron chi connectivity index (χ3n) is 3.54. The molecular weight excluding hydrogens is 329 g/mol. The molecule has 9 heteroatoms. The van der Waals surface area contributed by atoms with Gasteiger partial charge >= 0.3 is 5.97 Å². The summed E-state index contributed by atoms with van der Waals surface area (Å²) in [6.45, 7) is 1.34. The van der Waals surface area contributed by atoms with Crippen LogP contribution in [0.3, 0.4) is 0 Å². The van der Waals surface area contributed by atoms with E-state index in [1.165, 1.54) is 6.92 Å². The number of halogens is 1. The van der Waals surface area contributed by atoms with Crippen LogP contribution in [0.15, 0.2) is 23.1 Å². The van der Waals surface area contributed by atoms with Gasteiger partial charge in [-0.3, -0.25) is 4.79 Å². The SMILES string of the molecule is CCS(=O)(=O)c1ccc(F)c(C(=O)N2CCO[C@H](C(=O)O)C2)c1. The number of ether oxygens (including phenoxy) is 1. The third kappa shape index (κ3) is 3.67. The molecule has 1 atom stereocenters. The number of aliphatic carboxylic acids is 1. The number of sulfone groups is 1. The van der Waals surface area contributed by atoms with Gasteiger partial charge in [0.15, 0.2) is 15.9 Å². The van der Waals surface area contributed by atoms with Crippen LogP contribution in [0.5, 0.6) is 0 Å². The lowest BCUT2D eigenvalue weighted by Crippen LogP contribution is -2.48. The quantitative estimate of drug-likeness (QED) is 0.800. The molecule has 1 fully saturated rings. The van der Waals surface area contributed by atoms with Crippen molar-refractivity contribution in [1.82, 2.24) is 4.90 Å². The molecule has 1 aromatic rings. The highest BCUT2D eigenvalue weighted by Crippen LogP contribution is 2.19. The van der Waals surface area contributed by atoms with E-state index in [0.29, 0.717) is 0 Å². The zero-order valence-electron chi connectivity index (χ0n) is 12.4. The van der Waals surface area contributed by atoms with Crippen LogP contribution in [-0.4, -0.2) is 61.9 Å². The second kappa shape index (κ2) is 6.63. The number of carboxylic acids is 1. The summed E-state index contributed by atoms with van der Waals surface area (Å²) in [6, 6.07) is 3.01. The maximum absolute atomic E-state index is 13.9. The first-order valence-corrected chi connectivity index (χ1v) is 8.57. The second-order valence-electron chi connectivity index (χ2n) is 4.99. The summed E-state index contributed by atoms with van der Waals surface area (Å²) in [5.74, 6) is -3.01. The van der Waals surface area contributed by atoms with Gasteiger partial charge in [0.25, 0.3) is 5.91 Å². The van der Waals surface area contributed by atoms with Gasteiger partial charge in [0, 0.05) is 6.54 Å². The third-order valence-corrected chi connectivity index (χ3v) is 5.27. The van der Waals surface area contributed by atoms with Crippen LogP contribution in [0.25, 0.3) is 0 Å². The zero-order chi connectivity index (χ0) is 17.2. The normalized spacial score (nSPS) is 18.7. The Bertz CT molecular complexity index is 733. The maximum Gasteiger partial charge on any atom is 0.334 e. The van der Waals surface area contributed by atoms with E-state index in [1.807, 2.05) is 0 Å². The van der Waals surface area contributed by atoms with E-state index in [9.17, 15) is 22.4 Å². The Kier molecular flexibility index (Phi) is 5.00. The minimum atomic E-state index is -3.58. The molecule has 2 rings (SSSR count). The number of hydrogen-bond acceptors (Lipinski definition) is 5. The fraction of sp³-hybridized carbons (Fsp3) is 0.429. The maximum atomic E-state index is 13.9. The minimum Gasteiger partial charge on any atom is -0.479 e. The van der Waals surface area contributed by atoms with Crippen molar-refractivity contribution >= 4 is 21.7 Å². The molecule has 126 valence electrons. The summed E-state index contributed by atoms with van der Waals surface area (Å²) in [7, 11) is -3.58. The molecule has 0 spiro atoms. The van der Waals surface area contributed by atoms with E-state index >= 15 is 0 Å². The zero-order valence-corrected chi connectivity index (χ0v) is 13.2. The molecule has 1 aromatic carbocycles. The standard InChI is InChI=1S/C14H16FNO6S/c1-2-23(20,21)9-3-4-11(15)10(7-9)13(17)16-5-6-22-12(8-16)14(18)19/h3-4,7,12H,2,5-6,8H2,1H3,(H,18,19)/t12-/m0/s1. The highest BCUT2D eigenvalue weighted by Gasteiger charge is 2.31. The fourth-order valence-electron chi connectivity index (χ4n) is 2.18. The number of hydrogen-bond donors (Lipinski definition) is 1. The van der Waals surface area contributed by atoms with Crippen LogP contribution in [0.4, 0.5) is 4.39 Å².